The van der Waals surface area contributed by atoms with Gasteiger partial charge in [0.2, 0.25) is 0 Å². The van der Waals surface area contributed by atoms with E-state index in [2.05, 4.69) is 0 Å². The van der Waals surface area contributed by atoms with Gasteiger partial charge >= 0.3 is 24.4 Å². The molecular formula is C30H47NO11. The maximum absolute atomic E-state index is 12.5. The van der Waals surface area contributed by atoms with Gasteiger partial charge in [-0.2, -0.15) is 0 Å². The third-order valence-corrected chi connectivity index (χ3v) is 5.76. The third-order valence-electron chi connectivity index (χ3n) is 5.76. The Morgan fingerprint density at radius 2 is 1.31 bits per heavy atom. The van der Waals surface area contributed by atoms with Crippen LogP contribution in [0.4, 0.5) is 14.4 Å². The van der Waals surface area contributed by atoms with Crippen molar-refractivity contribution in [3.05, 3.63) is 23.8 Å². The van der Waals surface area contributed by atoms with E-state index in [1.165, 1.54) is 12.1 Å². The maximum Gasteiger partial charge on any atom is 0.513 e. The van der Waals surface area contributed by atoms with Crippen LogP contribution >= 0.6 is 0 Å². The molecule has 0 spiro atoms. The molecule has 0 amide bonds. The Morgan fingerprint density at radius 3 is 1.88 bits per heavy atom. The predicted molar refractivity (Wildman–Crippen MR) is 153 cm³/mol. The van der Waals surface area contributed by atoms with Crippen LogP contribution in [0.5, 0.6) is 11.5 Å². The highest BCUT2D eigenvalue weighted by Gasteiger charge is 2.21. The number of carbonyl (C=O) groups is 4. The van der Waals surface area contributed by atoms with Crippen LogP contribution in [0, 0.1) is 5.92 Å². The molecule has 2 atom stereocenters. The largest absolute Gasteiger partial charge is 0.513 e. The molecule has 0 aromatic heterocycles. The summed E-state index contributed by atoms with van der Waals surface area (Å²) in [5.41, 5.74) is 6.53. The first-order valence-electron chi connectivity index (χ1n) is 14.6. The molecule has 1 aromatic carbocycles. The Labute approximate surface area is 248 Å². The van der Waals surface area contributed by atoms with E-state index in [4.69, 9.17) is 38.9 Å². The van der Waals surface area contributed by atoms with Crippen LogP contribution in [-0.2, 0) is 34.9 Å². The summed E-state index contributed by atoms with van der Waals surface area (Å²) in [4.78, 5) is 48.6. The molecule has 12 heteroatoms. The van der Waals surface area contributed by atoms with Crippen LogP contribution in [0.3, 0.4) is 0 Å². The van der Waals surface area contributed by atoms with Gasteiger partial charge in [0.1, 0.15) is 18.8 Å². The number of unbranched alkanes of at least 4 members (excludes halogenated alkanes) is 4. The van der Waals surface area contributed by atoms with Crippen molar-refractivity contribution in [1.29, 1.82) is 0 Å². The molecule has 0 aliphatic rings. The average Bonchev–Trinajstić information content (AvgIpc) is 2.93. The highest BCUT2D eigenvalue weighted by atomic mass is 16.7. The number of rotatable bonds is 19. The van der Waals surface area contributed by atoms with Crippen molar-refractivity contribution in [3.8, 4) is 11.5 Å². The quantitative estimate of drug-likeness (QED) is 0.0846. The molecule has 0 radical (unpaired) electrons. The molecule has 0 bridgehead atoms. The summed E-state index contributed by atoms with van der Waals surface area (Å²) >= 11 is 0. The molecule has 12 nitrogen and oxygen atoms in total. The van der Waals surface area contributed by atoms with Crippen LogP contribution in [0.25, 0.3) is 0 Å². The lowest BCUT2D eigenvalue weighted by molar-refractivity contribution is -0.148. The van der Waals surface area contributed by atoms with Crippen LogP contribution < -0.4 is 15.2 Å². The van der Waals surface area contributed by atoms with Gasteiger partial charge in [0.15, 0.2) is 11.5 Å². The molecule has 0 fully saturated rings. The summed E-state index contributed by atoms with van der Waals surface area (Å²) in [5.74, 6) is -0.512. The van der Waals surface area contributed by atoms with Gasteiger partial charge in [-0.25, -0.2) is 14.4 Å². The standard InChI is InChI=1S/C30H47NO11/c1-6-8-10-15-36-29(34)41-25-13-12-23(19-26(25)42-30(35)37-16-11-9-7-2)18-24(31)27(32)39-20-22(5)40-28(33)38-17-14-21(3)4/h12-13,19,21-22,24H,6-11,14-18,20,31H2,1-5H3/t22-,24-/m0/s1. The fourth-order valence-electron chi connectivity index (χ4n) is 3.35. The number of nitrogens with two attached hydrogens (primary N) is 1. The van der Waals surface area contributed by atoms with Gasteiger partial charge in [0.25, 0.3) is 0 Å². The zero-order chi connectivity index (χ0) is 31.3. The van der Waals surface area contributed by atoms with E-state index >= 15 is 0 Å². The molecule has 0 unspecified atom stereocenters. The molecule has 42 heavy (non-hydrogen) atoms. The van der Waals surface area contributed by atoms with Gasteiger partial charge in [-0.05, 0) is 56.2 Å². The Balaban J connectivity index is 2.76. The van der Waals surface area contributed by atoms with Gasteiger partial charge < -0.3 is 38.9 Å². The molecule has 0 heterocycles. The van der Waals surface area contributed by atoms with Gasteiger partial charge in [-0.15, -0.1) is 0 Å². The molecule has 0 aliphatic carbocycles. The molecule has 0 saturated heterocycles. The SMILES string of the molecule is CCCCCOC(=O)Oc1ccc(C[C@H](N)C(=O)OC[C@H](C)OC(=O)OCCC(C)C)cc1OC(=O)OCCCCC. The van der Waals surface area contributed by atoms with Crippen LogP contribution in [0.15, 0.2) is 18.2 Å². The van der Waals surface area contributed by atoms with Crippen molar-refractivity contribution in [3.63, 3.8) is 0 Å². The summed E-state index contributed by atoms with van der Waals surface area (Å²) in [6.07, 6.45) is 2.31. The Kier molecular flexibility index (Phi) is 18.4. The predicted octanol–water partition coefficient (Wildman–Crippen LogP) is 6.10. The zero-order valence-corrected chi connectivity index (χ0v) is 25.5. The third kappa shape index (κ3) is 16.7. The zero-order valence-electron chi connectivity index (χ0n) is 25.5. The number of benzene rings is 1. The molecular weight excluding hydrogens is 550 g/mol. The monoisotopic (exact) mass is 597 g/mol. The van der Waals surface area contributed by atoms with Crippen LogP contribution in [0.2, 0.25) is 0 Å². The number of ether oxygens (including phenoxy) is 7. The highest BCUT2D eigenvalue weighted by molar-refractivity contribution is 5.76. The lowest BCUT2D eigenvalue weighted by Gasteiger charge is -2.17. The lowest BCUT2D eigenvalue weighted by Crippen LogP contribution is -2.36. The minimum absolute atomic E-state index is 0.00890. The fourth-order valence-corrected chi connectivity index (χ4v) is 3.35. The van der Waals surface area contributed by atoms with E-state index in [-0.39, 0.29) is 44.3 Å². The average molecular weight is 598 g/mol. The Morgan fingerprint density at radius 1 is 0.738 bits per heavy atom. The summed E-state index contributed by atoms with van der Waals surface area (Å²) in [5, 5.41) is 0. The first-order chi connectivity index (χ1) is 20.0. The topological polar surface area (TPSA) is 159 Å². The van der Waals surface area contributed by atoms with Gasteiger partial charge in [0, 0.05) is 0 Å². The van der Waals surface area contributed by atoms with Crippen molar-refractivity contribution in [2.24, 2.45) is 11.7 Å². The first-order valence-corrected chi connectivity index (χ1v) is 14.6. The minimum Gasteiger partial charge on any atom is -0.461 e. The van der Waals surface area contributed by atoms with Crippen molar-refractivity contribution >= 4 is 24.4 Å². The van der Waals surface area contributed by atoms with E-state index in [9.17, 15) is 19.2 Å². The number of esters is 1. The van der Waals surface area contributed by atoms with Crippen molar-refractivity contribution in [2.45, 2.75) is 98.1 Å². The Bertz CT molecular complexity index is 967. The van der Waals surface area contributed by atoms with Crippen molar-refractivity contribution in [1.82, 2.24) is 0 Å². The second-order valence-corrected chi connectivity index (χ2v) is 10.2. The number of hydrogen-bond acceptors (Lipinski definition) is 12. The summed E-state index contributed by atoms with van der Waals surface area (Å²) in [6.45, 7) is 10.0. The molecule has 238 valence electrons. The summed E-state index contributed by atoms with van der Waals surface area (Å²) < 4.78 is 35.9. The normalized spacial score (nSPS) is 12.2. The second kappa shape index (κ2) is 21.2. The first kappa shape index (κ1) is 36.5. The highest BCUT2D eigenvalue weighted by Crippen LogP contribution is 2.30. The molecule has 1 rings (SSSR count). The van der Waals surface area contributed by atoms with E-state index in [1.54, 1.807) is 13.0 Å². The van der Waals surface area contributed by atoms with E-state index in [0.29, 0.717) is 30.7 Å². The van der Waals surface area contributed by atoms with Gasteiger partial charge in [-0.3, -0.25) is 4.79 Å². The number of hydrogen-bond donors (Lipinski definition) is 1. The molecule has 1 aromatic rings. The second-order valence-electron chi connectivity index (χ2n) is 10.2. The fraction of sp³-hybridized carbons (Fsp3) is 0.667. The van der Waals surface area contributed by atoms with E-state index in [0.717, 1.165) is 25.7 Å². The van der Waals surface area contributed by atoms with Crippen LogP contribution in [-0.4, -0.2) is 63.0 Å². The van der Waals surface area contributed by atoms with Gasteiger partial charge in [0.05, 0.1) is 19.8 Å². The van der Waals surface area contributed by atoms with Crippen molar-refractivity contribution in [2.75, 3.05) is 26.4 Å². The minimum atomic E-state index is -1.08. The molecule has 2 N–H and O–H groups in total. The maximum atomic E-state index is 12.5. The molecule has 0 aliphatic heterocycles. The summed E-state index contributed by atoms with van der Waals surface area (Å²) in [7, 11) is 0. The van der Waals surface area contributed by atoms with E-state index < -0.39 is 36.6 Å². The van der Waals surface area contributed by atoms with Crippen LogP contribution in [0.1, 0.15) is 85.1 Å². The smallest absolute Gasteiger partial charge is 0.461 e. The number of carbonyl (C=O) groups excluding carboxylic acids is 4. The summed E-state index contributed by atoms with van der Waals surface area (Å²) in [6, 6.07) is 3.30. The molecule has 0 saturated carbocycles. The lowest BCUT2D eigenvalue weighted by atomic mass is 10.1. The van der Waals surface area contributed by atoms with Crippen molar-refractivity contribution < 1.29 is 52.3 Å². The Hall–Kier alpha value is -3.54. The van der Waals surface area contributed by atoms with E-state index in [1.807, 2.05) is 27.7 Å². The van der Waals surface area contributed by atoms with Gasteiger partial charge in [-0.1, -0.05) is 59.4 Å².